The van der Waals surface area contributed by atoms with Crippen molar-refractivity contribution in [2.45, 2.75) is 19.8 Å². The van der Waals surface area contributed by atoms with Crippen LogP contribution in [-0.4, -0.2) is 19.8 Å². The van der Waals surface area contributed by atoms with Crippen molar-refractivity contribution in [3.05, 3.63) is 23.8 Å². The first-order chi connectivity index (χ1) is 7.74. The summed E-state index contributed by atoms with van der Waals surface area (Å²) in [7, 11) is 0. The van der Waals surface area contributed by atoms with Crippen molar-refractivity contribution >= 4 is 5.69 Å². The first-order valence-electron chi connectivity index (χ1n) is 5.82. The Morgan fingerprint density at radius 1 is 1.31 bits per heavy atom. The molecule has 1 aromatic carbocycles. The lowest BCUT2D eigenvalue weighted by Crippen LogP contribution is -2.21. The number of ether oxygens (including phenoxy) is 2. The monoisotopic (exact) mass is 221 g/mol. The molecule has 2 rings (SSSR count). The van der Waals surface area contributed by atoms with Gasteiger partial charge < -0.3 is 15.2 Å². The van der Waals surface area contributed by atoms with Gasteiger partial charge in [0.2, 0.25) is 0 Å². The van der Waals surface area contributed by atoms with Crippen molar-refractivity contribution in [3.8, 4) is 5.75 Å². The number of anilines is 1. The zero-order chi connectivity index (χ0) is 11.4. The number of aryl methyl sites for hydroxylation is 1. The van der Waals surface area contributed by atoms with Gasteiger partial charge in [-0.1, -0.05) is 0 Å². The van der Waals surface area contributed by atoms with Crippen LogP contribution in [0.4, 0.5) is 5.69 Å². The van der Waals surface area contributed by atoms with Crippen LogP contribution < -0.4 is 10.5 Å². The van der Waals surface area contributed by atoms with Crippen molar-refractivity contribution in [1.29, 1.82) is 0 Å². The summed E-state index contributed by atoms with van der Waals surface area (Å²) >= 11 is 0. The number of hydrogen-bond acceptors (Lipinski definition) is 3. The van der Waals surface area contributed by atoms with Crippen LogP contribution in [0.3, 0.4) is 0 Å². The lowest BCUT2D eigenvalue weighted by molar-refractivity contribution is 0.0497. The van der Waals surface area contributed by atoms with E-state index in [0.29, 0.717) is 5.92 Å². The molecule has 0 bridgehead atoms. The average molecular weight is 221 g/mol. The van der Waals surface area contributed by atoms with Gasteiger partial charge in [0.15, 0.2) is 0 Å². The van der Waals surface area contributed by atoms with E-state index in [-0.39, 0.29) is 0 Å². The van der Waals surface area contributed by atoms with Crippen LogP contribution in [0.15, 0.2) is 18.2 Å². The summed E-state index contributed by atoms with van der Waals surface area (Å²) in [5.74, 6) is 1.50. The molecule has 1 saturated heterocycles. The van der Waals surface area contributed by atoms with E-state index in [9.17, 15) is 0 Å². The Morgan fingerprint density at radius 2 is 2.06 bits per heavy atom. The fraction of sp³-hybridized carbons (Fsp3) is 0.538. The Bertz CT molecular complexity index is 326. The molecule has 88 valence electrons. The van der Waals surface area contributed by atoms with Crippen LogP contribution in [0, 0.1) is 12.8 Å². The van der Waals surface area contributed by atoms with Crippen molar-refractivity contribution in [1.82, 2.24) is 0 Å². The molecule has 0 aromatic heterocycles. The first kappa shape index (κ1) is 11.3. The summed E-state index contributed by atoms with van der Waals surface area (Å²) in [6.45, 7) is 4.53. The van der Waals surface area contributed by atoms with Crippen LogP contribution in [-0.2, 0) is 4.74 Å². The van der Waals surface area contributed by atoms with Gasteiger partial charge >= 0.3 is 0 Å². The number of hydrogen-bond donors (Lipinski definition) is 1. The number of benzene rings is 1. The second kappa shape index (κ2) is 5.21. The maximum atomic E-state index is 5.77. The third-order valence-electron chi connectivity index (χ3n) is 2.90. The lowest BCUT2D eigenvalue weighted by atomic mass is 10.0. The molecule has 3 nitrogen and oxygen atoms in total. The Balaban J connectivity index is 1.88. The molecule has 16 heavy (non-hydrogen) atoms. The third kappa shape index (κ3) is 3.14. The van der Waals surface area contributed by atoms with Crippen molar-refractivity contribution in [2.75, 3.05) is 25.6 Å². The number of nitrogens with two attached hydrogens (primary N) is 1. The Kier molecular flexibility index (Phi) is 3.67. The summed E-state index contributed by atoms with van der Waals surface area (Å²) in [6, 6.07) is 5.85. The van der Waals surface area contributed by atoms with Crippen LogP contribution in [0.2, 0.25) is 0 Å². The molecule has 0 radical (unpaired) electrons. The maximum Gasteiger partial charge on any atom is 0.121 e. The Hall–Kier alpha value is -1.22. The molecule has 3 heteroatoms. The number of rotatable bonds is 3. The molecule has 1 aliphatic heterocycles. The smallest absolute Gasteiger partial charge is 0.121 e. The highest BCUT2D eigenvalue weighted by atomic mass is 16.5. The van der Waals surface area contributed by atoms with Crippen LogP contribution >= 0.6 is 0 Å². The zero-order valence-corrected chi connectivity index (χ0v) is 9.74. The average Bonchev–Trinajstić information content (AvgIpc) is 2.27. The highest BCUT2D eigenvalue weighted by Crippen LogP contribution is 2.21. The van der Waals surface area contributed by atoms with Crippen LogP contribution in [0.5, 0.6) is 5.75 Å². The van der Waals surface area contributed by atoms with E-state index < -0.39 is 0 Å². The van der Waals surface area contributed by atoms with E-state index >= 15 is 0 Å². The van der Waals surface area contributed by atoms with Gasteiger partial charge in [-0.15, -0.1) is 0 Å². The normalized spacial score (nSPS) is 17.3. The fourth-order valence-electron chi connectivity index (χ4n) is 1.99. The maximum absolute atomic E-state index is 5.77. The highest BCUT2D eigenvalue weighted by Gasteiger charge is 2.14. The summed E-state index contributed by atoms with van der Waals surface area (Å²) in [6.07, 6.45) is 2.20. The van der Waals surface area contributed by atoms with Gasteiger partial charge in [0.25, 0.3) is 0 Å². The summed E-state index contributed by atoms with van der Waals surface area (Å²) in [5.41, 5.74) is 7.67. The van der Waals surface area contributed by atoms with Gasteiger partial charge in [-0.3, -0.25) is 0 Å². The predicted octanol–water partition coefficient (Wildman–Crippen LogP) is 2.38. The molecular formula is C13H19NO2. The van der Waals surface area contributed by atoms with Crippen molar-refractivity contribution in [3.63, 3.8) is 0 Å². The van der Waals surface area contributed by atoms with Crippen LogP contribution in [0.25, 0.3) is 0 Å². The van der Waals surface area contributed by atoms with Gasteiger partial charge in [-0.2, -0.15) is 0 Å². The molecule has 0 unspecified atom stereocenters. The minimum absolute atomic E-state index is 0.621. The predicted molar refractivity (Wildman–Crippen MR) is 64.6 cm³/mol. The van der Waals surface area contributed by atoms with Gasteiger partial charge in [0.05, 0.1) is 6.61 Å². The Morgan fingerprint density at radius 3 is 2.75 bits per heavy atom. The van der Waals surface area contributed by atoms with Gasteiger partial charge in [0.1, 0.15) is 5.75 Å². The second-order valence-electron chi connectivity index (χ2n) is 4.45. The lowest BCUT2D eigenvalue weighted by Gasteiger charge is -2.22. The van der Waals surface area contributed by atoms with E-state index in [1.165, 1.54) is 0 Å². The molecule has 1 aliphatic rings. The van der Waals surface area contributed by atoms with Crippen molar-refractivity contribution < 1.29 is 9.47 Å². The van der Waals surface area contributed by atoms with Gasteiger partial charge in [-0.25, -0.2) is 0 Å². The molecule has 0 atom stereocenters. The first-order valence-corrected chi connectivity index (χ1v) is 5.82. The fourth-order valence-corrected chi connectivity index (χ4v) is 1.99. The summed E-state index contributed by atoms with van der Waals surface area (Å²) in [4.78, 5) is 0. The molecular weight excluding hydrogens is 202 g/mol. The molecule has 1 fully saturated rings. The van der Waals surface area contributed by atoms with E-state index in [2.05, 4.69) is 0 Å². The standard InChI is InChI=1S/C13H19NO2/c1-10-6-12(14)8-13(7-10)16-9-11-2-4-15-5-3-11/h6-8,11H,2-5,9,14H2,1H3. The topological polar surface area (TPSA) is 44.5 Å². The molecule has 0 aliphatic carbocycles. The zero-order valence-electron chi connectivity index (χ0n) is 9.74. The minimum atomic E-state index is 0.621. The Labute approximate surface area is 96.5 Å². The molecule has 2 N–H and O–H groups in total. The number of nitrogen functional groups attached to an aromatic ring is 1. The largest absolute Gasteiger partial charge is 0.493 e. The molecule has 0 spiro atoms. The summed E-state index contributed by atoms with van der Waals surface area (Å²) in [5, 5.41) is 0. The van der Waals surface area contributed by atoms with Gasteiger partial charge in [-0.05, 0) is 43.4 Å². The molecule has 1 heterocycles. The van der Waals surface area contributed by atoms with Gasteiger partial charge in [0, 0.05) is 25.0 Å². The minimum Gasteiger partial charge on any atom is -0.493 e. The quantitative estimate of drug-likeness (QED) is 0.797. The third-order valence-corrected chi connectivity index (χ3v) is 2.90. The van der Waals surface area contributed by atoms with E-state index in [0.717, 1.165) is 49.7 Å². The van der Waals surface area contributed by atoms with Crippen molar-refractivity contribution in [2.24, 2.45) is 5.92 Å². The molecule has 1 aromatic rings. The van der Waals surface area contributed by atoms with Crippen LogP contribution in [0.1, 0.15) is 18.4 Å². The SMILES string of the molecule is Cc1cc(N)cc(OCC2CCOCC2)c1. The van der Waals surface area contributed by atoms with E-state index in [1.54, 1.807) is 0 Å². The highest BCUT2D eigenvalue weighted by molar-refractivity contribution is 5.47. The molecule has 0 saturated carbocycles. The van der Waals surface area contributed by atoms with E-state index in [1.807, 2.05) is 25.1 Å². The molecule has 0 amide bonds. The second-order valence-corrected chi connectivity index (χ2v) is 4.45. The summed E-state index contributed by atoms with van der Waals surface area (Å²) < 4.78 is 11.1. The van der Waals surface area contributed by atoms with E-state index in [4.69, 9.17) is 15.2 Å².